The SMILES string of the molecule is CCCC[O][Ge]([CH2]C)[CH2]C. The van der Waals surface area contributed by atoms with Crippen molar-refractivity contribution >= 4 is 14.7 Å². The van der Waals surface area contributed by atoms with Crippen LogP contribution in [0, 0.1) is 0 Å². The Morgan fingerprint density at radius 2 is 1.70 bits per heavy atom. The van der Waals surface area contributed by atoms with Crippen molar-refractivity contribution in [3.05, 3.63) is 0 Å². The van der Waals surface area contributed by atoms with E-state index in [0.717, 1.165) is 6.61 Å². The van der Waals surface area contributed by atoms with Gasteiger partial charge in [-0.1, -0.05) is 0 Å². The van der Waals surface area contributed by atoms with Gasteiger partial charge >= 0.3 is 69.2 Å². The fourth-order valence-corrected chi connectivity index (χ4v) is 3.63. The first kappa shape index (κ1) is 10.5. The minimum absolute atomic E-state index is 0.970. The number of hydrogen-bond donors (Lipinski definition) is 0. The average Bonchev–Trinajstić information content (AvgIpc) is 1.99. The van der Waals surface area contributed by atoms with Crippen LogP contribution in [-0.2, 0) is 3.76 Å². The van der Waals surface area contributed by atoms with Crippen LogP contribution in [0.2, 0.25) is 10.5 Å². The zero-order valence-corrected chi connectivity index (χ0v) is 9.54. The molecule has 0 fully saturated rings. The molecular formula is C8H19GeO. The Morgan fingerprint density at radius 1 is 1.10 bits per heavy atom. The van der Waals surface area contributed by atoms with E-state index in [1.807, 2.05) is 0 Å². The Hall–Kier alpha value is 0.503. The Balaban J connectivity index is 3.09. The second-order valence-electron chi connectivity index (χ2n) is 2.45. The zero-order valence-electron chi connectivity index (χ0n) is 7.44. The fourth-order valence-electron chi connectivity index (χ4n) is 0.815. The summed E-state index contributed by atoms with van der Waals surface area (Å²) in [4.78, 5) is 0. The van der Waals surface area contributed by atoms with Crippen LogP contribution in [0.15, 0.2) is 0 Å². The normalized spacial score (nSPS) is 10.8. The first-order chi connectivity index (χ1) is 4.85. The topological polar surface area (TPSA) is 9.23 Å². The molecule has 0 heterocycles. The molecular weight excluding hydrogens is 185 g/mol. The molecule has 61 valence electrons. The minimum atomic E-state index is -0.970. The summed E-state index contributed by atoms with van der Waals surface area (Å²) < 4.78 is 5.75. The van der Waals surface area contributed by atoms with E-state index in [-0.39, 0.29) is 0 Å². The van der Waals surface area contributed by atoms with E-state index in [9.17, 15) is 0 Å². The van der Waals surface area contributed by atoms with E-state index >= 15 is 0 Å². The third kappa shape index (κ3) is 5.30. The Morgan fingerprint density at radius 3 is 2.10 bits per heavy atom. The van der Waals surface area contributed by atoms with Gasteiger partial charge in [0.15, 0.2) is 0 Å². The van der Waals surface area contributed by atoms with Crippen molar-refractivity contribution in [2.24, 2.45) is 0 Å². The molecule has 0 bridgehead atoms. The fraction of sp³-hybridized carbons (Fsp3) is 1.00. The van der Waals surface area contributed by atoms with Gasteiger partial charge in [-0.2, -0.15) is 0 Å². The van der Waals surface area contributed by atoms with Crippen LogP contribution < -0.4 is 0 Å². The van der Waals surface area contributed by atoms with E-state index in [2.05, 4.69) is 20.8 Å². The number of unbranched alkanes of at least 4 members (excludes halogenated alkanes) is 1. The van der Waals surface area contributed by atoms with Gasteiger partial charge < -0.3 is 0 Å². The van der Waals surface area contributed by atoms with Gasteiger partial charge in [-0.05, 0) is 0 Å². The zero-order chi connectivity index (χ0) is 7.82. The molecule has 0 amide bonds. The van der Waals surface area contributed by atoms with Crippen molar-refractivity contribution in [3.8, 4) is 0 Å². The van der Waals surface area contributed by atoms with Gasteiger partial charge in [0.25, 0.3) is 0 Å². The van der Waals surface area contributed by atoms with Crippen LogP contribution in [0.4, 0.5) is 0 Å². The summed E-state index contributed by atoms with van der Waals surface area (Å²) in [5, 5.41) is 2.64. The molecule has 0 rings (SSSR count). The summed E-state index contributed by atoms with van der Waals surface area (Å²) in [6.45, 7) is 7.74. The molecule has 2 heteroatoms. The van der Waals surface area contributed by atoms with Gasteiger partial charge in [-0.15, -0.1) is 0 Å². The molecule has 0 aliphatic rings. The molecule has 0 aliphatic heterocycles. The number of hydrogen-bond acceptors (Lipinski definition) is 1. The third-order valence-electron chi connectivity index (χ3n) is 1.59. The van der Waals surface area contributed by atoms with Crippen molar-refractivity contribution in [1.82, 2.24) is 0 Å². The van der Waals surface area contributed by atoms with E-state index in [0.29, 0.717) is 0 Å². The van der Waals surface area contributed by atoms with Crippen molar-refractivity contribution in [1.29, 1.82) is 0 Å². The van der Waals surface area contributed by atoms with Crippen LogP contribution >= 0.6 is 0 Å². The van der Waals surface area contributed by atoms with Crippen molar-refractivity contribution in [3.63, 3.8) is 0 Å². The van der Waals surface area contributed by atoms with E-state index in [1.165, 1.54) is 23.3 Å². The average molecular weight is 204 g/mol. The number of rotatable bonds is 6. The Kier molecular flexibility index (Phi) is 7.99. The van der Waals surface area contributed by atoms with Crippen LogP contribution in [0.1, 0.15) is 33.6 Å². The monoisotopic (exact) mass is 205 g/mol. The quantitative estimate of drug-likeness (QED) is 0.477. The predicted octanol–water partition coefficient (Wildman–Crippen LogP) is 2.83. The van der Waals surface area contributed by atoms with Crippen molar-refractivity contribution < 1.29 is 3.76 Å². The molecule has 0 aromatic carbocycles. The van der Waals surface area contributed by atoms with Gasteiger partial charge in [0, 0.05) is 0 Å². The first-order valence-corrected chi connectivity index (χ1v) is 8.14. The Bertz CT molecular complexity index is 62.3. The molecule has 0 aromatic rings. The second kappa shape index (κ2) is 7.61. The molecule has 10 heavy (non-hydrogen) atoms. The van der Waals surface area contributed by atoms with Crippen LogP contribution in [0.5, 0.6) is 0 Å². The van der Waals surface area contributed by atoms with Gasteiger partial charge in [-0.25, -0.2) is 0 Å². The molecule has 0 atom stereocenters. The molecule has 0 spiro atoms. The molecule has 0 aromatic heterocycles. The van der Waals surface area contributed by atoms with E-state index in [1.54, 1.807) is 0 Å². The van der Waals surface area contributed by atoms with Gasteiger partial charge in [0.2, 0.25) is 0 Å². The predicted molar refractivity (Wildman–Crippen MR) is 47.6 cm³/mol. The first-order valence-electron chi connectivity index (χ1n) is 4.32. The maximum atomic E-state index is 5.75. The van der Waals surface area contributed by atoms with Crippen LogP contribution in [0.3, 0.4) is 0 Å². The standard InChI is InChI=1S/C8H19GeO/c1-4-7-8-10-9(5-2)6-3/h4-8H2,1-3H3. The van der Waals surface area contributed by atoms with Gasteiger partial charge in [0.1, 0.15) is 0 Å². The van der Waals surface area contributed by atoms with Crippen LogP contribution in [-0.4, -0.2) is 21.3 Å². The molecule has 0 unspecified atom stereocenters. The van der Waals surface area contributed by atoms with E-state index in [4.69, 9.17) is 3.76 Å². The summed E-state index contributed by atoms with van der Waals surface area (Å²) in [5.41, 5.74) is 0. The molecule has 1 radical (unpaired) electrons. The summed E-state index contributed by atoms with van der Waals surface area (Å²) in [6.07, 6.45) is 2.51. The Labute approximate surface area is 69.6 Å². The van der Waals surface area contributed by atoms with Crippen molar-refractivity contribution in [2.45, 2.75) is 44.1 Å². The molecule has 0 saturated heterocycles. The van der Waals surface area contributed by atoms with Gasteiger partial charge in [-0.3, -0.25) is 0 Å². The summed E-state index contributed by atoms with van der Waals surface area (Å²) in [7, 11) is 0. The second-order valence-corrected chi connectivity index (χ2v) is 8.28. The summed E-state index contributed by atoms with van der Waals surface area (Å²) >= 11 is -0.970. The van der Waals surface area contributed by atoms with Gasteiger partial charge in [0.05, 0.1) is 0 Å². The van der Waals surface area contributed by atoms with Crippen LogP contribution in [0.25, 0.3) is 0 Å². The van der Waals surface area contributed by atoms with E-state index < -0.39 is 14.7 Å². The third-order valence-corrected chi connectivity index (χ3v) is 6.19. The molecule has 0 saturated carbocycles. The summed E-state index contributed by atoms with van der Waals surface area (Å²) in [5.74, 6) is 0. The molecule has 1 nitrogen and oxygen atoms in total. The maximum absolute atomic E-state index is 5.75. The summed E-state index contributed by atoms with van der Waals surface area (Å²) in [6, 6.07) is 0. The van der Waals surface area contributed by atoms with Crippen molar-refractivity contribution in [2.75, 3.05) is 6.61 Å². The molecule has 0 N–H and O–H groups in total. The molecule has 0 aliphatic carbocycles.